The van der Waals surface area contributed by atoms with Gasteiger partial charge in [0.1, 0.15) is 0 Å². The van der Waals surface area contributed by atoms with E-state index in [9.17, 15) is 9.59 Å². The molecule has 0 saturated carbocycles. The fourth-order valence-corrected chi connectivity index (χ4v) is 1.98. The second-order valence-electron chi connectivity index (χ2n) is 4.55. The molecule has 0 N–H and O–H groups in total. The van der Waals surface area contributed by atoms with E-state index in [1.807, 2.05) is 31.2 Å². The van der Waals surface area contributed by atoms with E-state index in [4.69, 9.17) is 4.74 Å². The summed E-state index contributed by atoms with van der Waals surface area (Å²) in [5.41, 5.74) is 0.561. The zero-order chi connectivity index (χ0) is 14.4. The Morgan fingerprint density at radius 1 is 1.15 bits per heavy atom. The van der Waals surface area contributed by atoms with E-state index in [-0.39, 0.29) is 24.6 Å². The van der Waals surface area contributed by atoms with Gasteiger partial charge in [0, 0.05) is 29.8 Å². The summed E-state index contributed by atoms with van der Waals surface area (Å²) in [5.74, 6) is -0.406. The van der Waals surface area contributed by atoms with Gasteiger partial charge in [0.25, 0.3) is 0 Å². The topological polar surface area (TPSA) is 56.3 Å². The number of aromatic nitrogens is 1. The van der Waals surface area contributed by atoms with E-state index in [1.54, 1.807) is 12.4 Å². The molecule has 0 aliphatic carbocycles. The number of ether oxygens (including phenoxy) is 1. The van der Waals surface area contributed by atoms with Gasteiger partial charge in [0.2, 0.25) is 0 Å². The molecule has 0 bridgehead atoms. The lowest BCUT2D eigenvalue weighted by Crippen LogP contribution is -2.09. The summed E-state index contributed by atoms with van der Waals surface area (Å²) in [5, 5.41) is 1.79. The van der Waals surface area contributed by atoms with Crippen molar-refractivity contribution in [3.05, 3.63) is 42.2 Å². The maximum atomic E-state index is 12.2. The third-order valence-corrected chi connectivity index (χ3v) is 2.99. The predicted octanol–water partition coefficient (Wildman–Crippen LogP) is 3.15. The summed E-state index contributed by atoms with van der Waals surface area (Å²) in [6.45, 7) is 2.34. The van der Waals surface area contributed by atoms with Crippen molar-refractivity contribution >= 4 is 22.5 Å². The minimum absolute atomic E-state index is 0.0808. The maximum Gasteiger partial charge on any atom is 0.306 e. The van der Waals surface area contributed by atoms with Crippen LogP contribution >= 0.6 is 0 Å². The van der Waals surface area contributed by atoms with Crippen LogP contribution in [-0.2, 0) is 9.53 Å². The smallest absolute Gasteiger partial charge is 0.306 e. The van der Waals surface area contributed by atoms with Gasteiger partial charge in [0.05, 0.1) is 13.0 Å². The molecule has 0 unspecified atom stereocenters. The Morgan fingerprint density at radius 2 is 1.95 bits per heavy atom. The van der Waals surface area contributed by atoms with Crippen LogP contribution in [0.1, 0.15) is 36.5 Å². The minimum Gasteiger partial charge on any atom is -0.466 e. The molecule has 4 heteroatoms. The second-order valence-corrected chi connectivity index (χ2v) is 4.55. The summed E-state index contributed by atoms with van der Waals surface area (Å²) >= 11 is 0. The van der Waals surface area contributed by atoms with Crippen molar-refractivity contribution in [1.29, 1.82) is 0 Å². The first-order chi connectivity index (χ1) is 9.72. The molecule has 20 heavy (non-hydrogen) atoms. The van der Waals surface area contributed by atoms with Crippen molar-refractivity contribution in [1.82, 2.24) is 4.98 Å². The number of hydrogen-bond acceptors (Lipinski definition) is 4. The second kappa shape index (κ2) is 6.80. The maximum absolute atomic E-state index is 12.2. The summed E-state index contributed by atoms with van der Waals surface area (Å²) in [6.07, 6.45) is 4.33. The van der Waals surface area contributed by atoms with Crippen LogP contribution in [-0.4, -0.2) is 23.3 Å². The van der Waals surface area contributed by atoms with Crippen LogP contribution in [0.25, 0.3) is 10.8 Å². The van der Waals surface area contributed by atoms with E-state index >= 15 is 0 Å². The average molecular weight is 271 g/mol. The van der Waals surface area contributed by atoms with Gasteiger partial charge in [-0.25, -0.2) is 0 Å². The van der Waals surface area contributed by atoms with Crippen molar-refractivity contribution in [3.8, 4) is 0 Å². The van der Waals surface area contributed by atoms with E-state index in [0.29, 0.717) is 12.2 Å². The molecule has 0 saturated heterocycles. The van der Waals surface area contributed by atoms with Gasteiger partial charge in [-0.3, -0.25) is 14.6 Å². The van der Waals surface area contributed by atoms with Gasteiger partial charge in [-0.2, -0.15) is 0 Å². The number of nitrogens with zero attached hydrogens (tertiary/aromatic N) is 1. The summed E-state index contributed by atoms with van der Waals surface area (Å²) in [6, 6.07) is 7.59. The van der Waals surface area contributed by atoms with E-state index in [0.717, 1.165) is 17.2 Å². The molecule has 1 aromatic carbocycles. The highest BCUT2D eigenvalue weighted by atomic mass is 16.5. The number of ketones is 1. The van der Waals surface area contributed by atoms with Gasteiger partial charge in [0.15, 0.2) is 5.78 Å². The lowest BCUT2D eigenvalue weighted by molar-refractivity contribution is -0.143. The first-order valence-electron chi connectivity index (χ1n) is 6.74. The molecule has 1 aromatic heterocycles. The van der Waals surface area contributed by atoms with Crippen LogP contribution in [0, 0.1) is 0 Å². The van der Waals surface area contributed by atoms with Crippen molar-refractivity contribution < 1.29 is 14.3 Å². The van der Waals surface area contributed by atoms with Crippen LogP contribution in [0.5, 0.6) is 0 Å². The highest BCUT2D eigenvalue weighted by Crippen LogP contribution is 2.18. The third kappa shape index (κ3) is 3.41. The van der Waals surface area contributed by atoms with Crippen LogP contribution in [0.4, 0.5) is 0 Å². The number of rotatable bonds is 6. The Morgan fingerprint density at radius 3 is 2.75 bits per heavy atom. The minimum atomic E-state index is -0.326. The number of hydrogen-bond donors (Lipinski definition) is 0. The van der Waals surface area contributed by atoms with Gasteiger partial charge >= 0.3 is 5.97 Å². The Hall–Kier alpha value is -2.23. The highest BCUT2D eigenvalue weighted by molar-refractivity contribution is 6.08. The Bertz CT molecular complexity index is 617. The van der Waals surface area contributed by atoms with Crippen LogP contribution in [0.15, 0.2) is 36.7 Å². The number of Topliss-reactive ketones (excluding diaryl/α,β-unsaturated/α-hetero) is 1. The average Bonchev–Trinajstić information content (AvgIpc) is 2.50. The number of carbonyl (C=O) groups is 2. The van der Waals surface area contributed by atoms with E-state index in [2.05, 4.69) is 4.98 Å². The zero-order valence-electron chi connectivity index (χ0n) is 11.5. The predicted molar refractivity (Wildman–Crippen MR) is 76.6 cm³/mol. The number of benzene rings is 1. The molecule has 0 aliphatic heterocycles. The Balaban J connectivity index is 2.06. The first-order valence-corrected chi connectivity index (χ1v) is 6.74. The molecule has 0 aliphatic rings. The molecule has 0 amide bonds. The molecular weight excluding hydrogens is 254 g/mol. The normalized spacial score (nSPS) is 10.4. The van der Waals surface area contributed by atoms with Crippen LogP contribution in [0.3, 0.4) is 0 Å². The van der Waals surface area contributed by atoms with Gasteiger partial charge in [-0.15, -0.1) is 0 Å². The van der Waals surface area contributed by atoms with Gasteiger partial charge in [-0.05, 0) is 11.8 Å². The molecule has 0 radical (unpaired) electrons. The lowest BCUT2D eigenvalue weighted by atomic mass is 10.0. The largest absolute Gasteiger partial charge is 0.466 e. The molecule has 0 atom stereocenters. The molecule has 104 valence electrons. The number of carbonyl (C=O) groups excluding carboxylic acids is 2. The first kappa shape index (κ1) is 14.2. The molecule has 2 rings (SSSR count). The third-order valence-electron chi connectivity index (χ3n) is 2.99. The molecule has 1 heterocycles. The zero-order valence-corrected chi connectivity index (χ0v) is 11.5. The molecule has 2 aromatic rings. The van der Waals surface area contributed by atoms with Crippen molar-refractivity contribution in [3.63, 3.8) is 0 Å². The van der Waals surface area contributed by atoms with Gasteiger partial charge in [-0.1, -0.05) is 31.2 Å². The summed E-state index contributed by atoms with van der Waals surface area (Å²) in [4.78, 5) is 27.7. The molecule has 4 nitrogen and oxygen atoms in total. The number of pyridine rings is 1. The lowest BCUT2D eigenvalue weighted by Gasteiger charge is -2.05. The summed E-state index contributed by atoms with van der Waals surface area (Å²) < 4.78 is 4.96. The van der Waals surface area contributed by atoms with E-state index in [1.165, 1.54) is 0 Å². The van der Waals surface area contributed by atoms with Gasteiger partial charge < -0.3 is 4.74 Å². The van der Waals surface area contributed by atoms with Crippen LogP contribution < -0.4 is 0 Å². The standard InChI is InChI=1S/C16H17NO3/c1-2-9-20-16(19)8-7-15(18)14-11-17-10-12-5-3-4-6-13(12)14/h3-6,10-11H,2,7-9H2,1H3. The van der Waals surface area contributed by atoms with Crippen molar-refractivity contribution in [2.75, 3.05) is 6.61 Å². The number of esters is 1. The molecule has 0 fully saturated rings. The fourth-order valence-electron chi connectivity index (χ4n) is 1.98. The SMILES string of the molecule is CCCOC(=O)CCC(=O)c1cncc2ccccc12. The van der Waals surface area contributed by atoms with E-state index < -0.39 is 0 Å². The summed E-state index contributed by atoms with van der Waals surface area (Å²) in [7, 11) is 0. The highest BCUT2D eigenvalue weighted by Gasteiger charge is 2.13. The van der Waals surface area contributed by atoms with Crippen molar-refractivity contribution in [2.45, 2.75) is 26.2 Å². The fraction of sp³-hybridized carbons (Fsp3) is 0.312. The Labute approximate surface area is 117 Å². The molecule has 0 spiro atoms. The van der Waals surface area contributed by atoms with Crippen molar-refractivity contribution in [2.24, 2.45) is 0 Å². The molecular formula is C16H17NO3. The number of fused-ring (bicyclic) bond motifs is 1. The monoisotopic (exact) mass is 271 g/mol. The van der Waals surface area contributed by atoms with Crippen LogP contribution in [0.2, 0.25) is 0 Å². The quantitative estimate of drug-likeness (QED) is 0.598. The Kier molecular flexibility index (Phi) is 4.82.